The van der Waals surface area contributed by atoms with E-state index in [4.69, 9.17) is 9.15 Å². The number of ether oxygens (including phenoxy) is 1. The molecule has 0 unspecified atom stereocenters. The highest BCUT2D eigenvalue weighted by Gasteiger charge is 2.15. The Morgan fingerprint density at radius 3 is 2.43 bits per heavy atom. The minimum absolute atomic E-state index is 0.424. The van der Waals surface area contributed by atoms with Crippen molar-refractivity contribution in [3.8, 4) is 0 Å². The average Bonchev–Trinajstić information content (AvgIpc) is 3.08. The third-order valence-electron chi connectivity index (χ3n) is 4.84. The van der Waals surface area contributed by atoms with Crippen LogP contribution in [0, 0.1) is 0 Å². The molecule has 2 aromatic rings. The number of hydrogen-bond donors (Lipinski definition) is 2. The van der Waals surface area contributed by atoms with Gasteiger partial charge in [-0.3, -0.25) is 0 Å². The van der Waals surface area contributed by atoms with Crippen LogP contribution in [0.1, 0.15) is 84.6 Å². The molecule has 0 aliphatic carbocycles. The van der Waals surface area contributed by atoms with E-state index in [9.17, 15) is 4.79 Å². The molecule has 0 spiro atoms. The molecule has 0 radical (unpaired) electrons. The molecule has 0 saturated heterocycles. The molecule has 0 saturated carbocycles. The summed E-state index contributed by atoms with van der Waals surface area (Å²) in [6.07, 6.45) is 11.3. The van der Waals surface area contributed by atoms with Crippen LogP contribution in [0.4, 0.5) is 10.8 Å². The number of aromatic nitrogens is 1. The van der Waals surface area contributed by atoms with Crippen LogP contribution < -0.4 is 10.6 Å². The van der Waals surface area contributed by atoms with Crippen molar-refractivity contribution in [3.63, 3.8) is 0 Å². The maximum absolute atomic E-state index is 11.6. The van der Waals surface area contributed by atoms with Gasteiger partial charge >= 0.3 is 6.09 Å². The van der Waals surface area contributed by atoms with E-state index in [1.54, 1.807) is 0 Å². The Kier molecular flexibility index (Phi) is 9.98. The highest BCUT2D eigenvalue weighted by Crippen LogP contribution is 2.21. The zero-order valence-electron chi connectivity index (χ0n) is 19.2. The van der Waals surface area contributed by atoms with E-state index in [-0.39, 0.29) is 0 Å². The third kappa shape index (κ3) is 9.51. The van der Waals surface area contributed by atoms with Gasteiger partial charge in [0.25, 0.3) is 6.01 Å². The molecule has 1 heterocycles. The summed E-state index contributed by atoms with van der Waals surface area (Å²) in [6.45, 7) is 8.72. The molecule has 0 fully saturated rings. The Morgan fingerprint density at radius 1 is 1.03 bits per heavy atom. The van der Waals surface area contributed by atoms with Gasteiger partial charge in [-0.25, -0.2) is 4.79 Å². The summed E-state index contributed by atoms with van der Waals surface area (Å²) in [5.74, 6) is 0. The van der Waals surface area contributed by atoms with Crippen molar-refractivity contribution in [1.82, 2.24) is 10.3 Å². The van der Waals surface area contributed by atoms with Gasteiger partial charge in [0.2, 0.25) is 0 Å². The van der Waals surface area contributed by atoms with Crippen LogP contribution in [0.15, 0.2) is 22.6 Å². The van der Waals surface area contributed by atoms with Gasteiger partial charge in [0.15, 0.2) is 5.58 Å². The van der Waals surface area contributed by atoms with E-state index in [0.717, 1.165) is 17.5 Å². The molecule has 2 N–H and O–H groups in total. The van der Waals surface area contributed by atoms with Gasteiger partial charge in [-0.2, -0.15) is 4.98 Å². The zero-order chi connectivity index (χ0) is 21.8. The first kappa shape index (κ1) is 24.0. The maximum atomic E-state index is 11.6. The van der Waals surface area contributed by atoms with Crippen LogP contribution in [-0.2, 0) is 11.2 Å². The Balaban J connectivity index is 1.68. The van der Waals surface area contributed by atoms with Crippen LogP contribution >= 0.6 is 0 Å². The quantitative estimate of drug-likeness (QED) is 0.366. The summed E-state index contributed by atoms with van der Waals surface area (Å²) in [4.78, 5) is 16.1. The van der Waals surface area contributed by atoms with E-state index in [1.165, 1.54) is 56.9 Å². The molecule has 0 aliphatic rings. The molecule has 6 nitrogen and oxygen atoms in total. The minimum Gasteiger partial charge on any atom is -0.444 e. The van der Waals surface area contributed by atoms with Gasteiger partial charge < -0.3 is 19.8 Å². The van der Waals surface area contributed by atoms with Crippen molar-refractivity contribution in [2.75, 3.05) is 18.4 Å². The average molecular weight is 418 g/mol. The van der Waals surface area contributed by atoms with Crippen LogP contribution in [0.5, 0.6) is 0 Å². The Hall–Kier alpha value is -2.24. The standard InChI is InChI=1S/C24H39N3O3/c1-5-6-7-8-9-10-11-12-13-19-14-15-20-21(18-19)29-22(27-20)25-16-17-26-23(28)30-24(2,3)4/h14-15,18H,5-13,16-17H2,1-4H3,(H,25,27)(H,26,28). The van der Waals surface area contributed by atoms with Crippen molar-refractivity contribution >= 4 is 23.2 Å². The number of nitrogens with one attached hydrogen (secondary N) is 2. The SMILES string of the molecule is CCCCCCCCCCc1ccc2nc(NCCNC(=O)OC(C)(C)C)oc2c1. The first-order valence-corrected chi connectivity index (χ1v) is 11.5. The molecule has 0 bridgehead atoms. The van der Waals surface area contributed by atoms with Gasteiger partial charge in [-0.15, -0.1) is 0 Å². The third-order valence-corrected chi connectivity index (χ3v) is 4.84. The molecule has 0 aliphatic heterocycles. The summed E-state index contributed by atoms with van der Waals surface area (Å²) in [7, 11) is 0. The fraction of sp³-hybridized carbons (Fsp3) is 0.667. The van der Waals surface area contributed by atoms with E-state index >= 15 is 0 Å². The van der Waals surface area contributed by atoms with Crippen molar-refractivity contribution in [2.24, 2.45) is 0 Å². The first-order chi connectivity index (χ1) is 14.4. The summed E-state index contributed by atoms with van der Waals surface area (Å²) in [6, 6.07) is 6.72. The molecular formula is C24H39N3O3. The van der Waals surface area contributed by atoms with E-state index < -0.39 is 11.7 Å². The number of rotatable bonds is 13. The number of fused-ring (bicyclic) bond motifs is 1. The number of carbonyl (C=O) groups is 1. The van der Waals surface area contributed by atoms with Crippen molar-refractivity contribution in [1.29, 1.82) is 0 Å². The number of alkyl carbamates (subject to hydrolysis) is 1. The van der Waals surface area contributed by atoms with Crippen LogP contribution in [0.25, 0.3) is 11.1 Å². The number of benzene rings is 1. The van der Waals surface area contributed by atoms with E-state index in [2.05, 4.69) is 34.7 Å². The van der Waals surface area contributed by atoms with E-state index in [0.29, 0.717) is 19.1 Å². The second-order valence-electron chi connectivity index (χ2n) is 8.90. The zero-order valence-corrected chi connectivity index (χ0v) is 19.2. The summed E-state index contributed by atoms with van der Waals surface area (Å²) < 4.78 is 11.0. The van der Waals surface area contributed by atoms with Gasteiger partial charge in [0.05, 0.1) is 0 Å². The monoisotopic (exact) mass is 417 g/mol. The molecule has 6 heteroatoms. The predicted octanol–water partition coefficient (Wildman–Crippen LogP) is 6.45. The van der Waals surface area contributed by atoms with Crippen LogP contribution in [0.2, 0.25) is 0 Å². The van der Waals surface area contributed by atoms with Gasteiger partial charge in [0, 0.05) is 13.1 Å². The topological polar surface area (TPSA) is 76.4 Å². The first-order valence-electron chi connectivity index (χ1n) is 11.5. The number of amides is 1. The molecule has 168 valence electrons. The van der Waals surface area contributed by atoms with Crippen molar-refractivity contribution in [2.45, 2.75) is 91.1 Å². The number of carbonyl (C=O) groups excluding carboxylic acids is 1. The number of nitrogens with zero attached hydrogens (tertiary/aromatic N) is 1. The summed E-state index contributed by atoms with van der Waals surface area (Å²) in [5.41, 5.74) is 2.44. The smallest absolute Gasteiger partial charge is 0.407 e. The second kappa shape index (κ2) is 12.5. The van der Waals surface area contributed by atoms with Crippen molar-refractivity contribution in [3.05, 3.63) is 23.8 Å². The number of unbranched alkanes of at least 4 members (excludes halogenated alkanes) is 7. The fourth-order valence-electron chi connectivity index (χ4n) is 3.31. The molecular weight excluding hydrogens is 378 g/mol. The fourth-order valence-corrected chi connectivity index (χ4v) is 3.31. The molecule has 2 rings (SSSR count). The van der Waals surface area contributed by atoms with Crippen LogP contribution in [0.3, 0.4) is 0 Å². The lowest BCUT2D eigenvalue weighted by atomic mass is 10.0. The van der Waals surface area contributed by atoms with E-state index in [1.807, 2.05) is 26.8 Å². The van der Waals surface area contributed by atoms with Crippen LogP contribution in [-0.4, -0.2) is 29.8 Å². The highest BCUT2D eigenvalue weighted by molar-refractivity contribution is 5.75. The number of anilines is 1. The number of oxazole rings is 1. The second-order valence-corrected chi connectivity index (χ2v) is 8.90. The lowest BCUT2D eigenvalue weighted by Gasteiger charge is -2.19. The molecule has 30 heavy (non-hydrogen) atoms. The number of hydrogen-bond acceptors (Lipinski definition) is 5. The molecule has 1 amide bonds. The summed E-state index contributed by atoms with van der Waals surface area (Å²) >= 11 is 0. The lowest BCUT2D eigenvalue weighted by Crippen LogP contribution is -2.35. The van der Waals surface area contributed by atoms with Gasteiger partial charge in [0.1, 0.15) is 11.1 Å². The Bertz CT molecular complexity index is 765. The Morgan fingerprint density at radius 2 is 1.73 bits per heavy atom. The highest BCUT2D eigenvalue weighted by atomic mass is 16.6. The lowest BCUT2D eigenvalue weighted by molar-refractivity contribution is 0.0530. The van der Waals surface area contributed by atoms with Crippen molar-refractivity contribution < 1.29 is 13.9 Å². The summed E-state index contributed by atoms with van der Waals surface area (Å²) in [5, 5.41) is 5.81. The minimum atomic E-state index is -0.496. The van der Waals surface area contributed by atoms with Gasteiger partial charge in [-0.05, 0) is 51.3 Å². The largest absolute Gasteiger partial charge is 0.444 e. The van der Waals surface area contributed by atoms with Gasteiger partial charge in [-0.1, -0.05) is 57.9 Å². The molecule has 0 atom stereocenters. The molecule has 1 aromatic heterocycles. The number of aryl methyl sites for hydroxylation is 1. The predicted molar refractivity (Wildman–Crippen MR) is 123 cm³/mol. The Labute approximate surface area is 181 Å². The molecule has 1 aromatic carbocycles. The maximum Gasteiger partial charge on any atom is 0.407 e. The normalized spacial score (nSPS) is 11.6.